The average molecular weight is 308 g/mol. The molecule has 0 fully saturated rings. The third kappa shape index (κ3) is 3.87. The molecule has 17 heavy (non-hydrogen) atoms. The third-order valence-electron chi connectivity index (χ3n) is 2.43. The second-order valence-electron chi connectivity index (χ2n) is 3.77. The van der Waals surface area contributed by atoms with Gasteiger partial charge in [0, 0.05) is 21.7 Å². The predicted molar refractivity (Wildman–Crippen MR) is 78.0 cm³/mol. The van der Waals surface area contributed by atoms with Gasteiger partial charge in [0.05, 0.1) is 0 Å². The molecule has 0 aromatic heterocycles. The summed E-state index contributed by atoms with van der Waals surface area (Å²) in [7, 11) is 0. The molecule has 0 amide bonds. The Morgan fingerprint density at radius 2 is 1.76 bits per heavy atom. The first-order valence-corrected chi connectivity index (χ1v) is 7.22. The van der Waals surface area contributed by atoms with Crippen LogP contribution in [0.2, 0.25) is 0 Å². The van der Waals surface area contributed by atoms with Crippen LogP contribution in [0.1, 0.15) is 11.1 Å². The maximum Gasteiger partial charge on any atom is 0.0232 e. The summed E-state index contributed by atoms with van der Waals surface area (Å²) in [5, 5.41) is 0. The second kappa shape index (κ2) is 6.24. The minimum absolute atomic E-state index is 0.602. The molecule has 0 unspecified atom stereocenters. The zero-order chi connectivity index (χ0) is 12.1. The van der Waals surface area contributed by atoms with E-state index in [1.54, 1.807) is 0 Å². The van der Waals surface area contributed by atoms with Gasteiger partial charge in [0.2, 0.25) is 0 Å². The summed E-state index contributed by atoms with van der Waals surface area (Å²) in [5.74, 6) is 0.980. The molecular formula is C14H14BrNS. The maximum atomic E-state index is 5.63. The Bertz CT molecular complexity index is 499. The van der Waals surface area contributed by atoms with Crippen LogP contribution in [0.4, 0.5) is 0 Å². The van der Waals surface area contributed by atoms with Gasteiger partial charge in [0.15, 0.2) is 0 Å². The molecular weight excluding hydrogens is 294 g/mol. The van der Waals surface area contributed by atoms with Crippen molar-refractivity contribution in [1.29, 1.82) is 0 Å². The summed E-state index contributed by atoms with van der Waals surface area (Å²) < 4.78 is 1.13. The fourth-order valence-corrected chi connectivity index (χ4v) is 2.92. The number of halogens is 1. The number of nitrogens with two attached hydrogens (primary N) is 1. The third-order valence-corrected chi connectivity index (χ3v) is 3.99. The Morgan fingerprint density at radius 1 is 1.00 bits per heavy atom. The van der Waals surface area contributed by atoms with Gasteiger partial charge in [-0.05, 0) is 35.4 Å². The maximum absolute atomic E-state index is 5.63. The van der Waals surface area contributed by atoms with Crippen molar-refractivity contribution >= 4 is 27.7 Å². The van der Waals surface area contributed by atoms with Gasteiger partial charge in [-0.15, -0.1) is 11.8 Å². The molecule has 0 aliphatic carbocycles. The first kappa shape index (κ1) is 12.7. The quantitative estimate of drug-likeness (QED) is 0.857. The standard InChI is InChI=1S/C14H14BrNS/c15-13-5-1-4-12(7-13)10-17-14-6-2-3-11(8-14)9-16/h1-8H,9-10,16H2. The van der Waals surface area contributed by atoms with Crippen LogP contribution in [0.5, 0.6) is 0 Å². The molecule has 2 aromatic carbocycles. The van der Waals surface area contributed by atoms with Crippen LogP contribution in [0.25, 0.3) is 0 Å². The van der Waals surface area contributed by atoms with Crippen molar-refractivity contribution in [1.82, 2.24) is 0 Å². The summed E-state index contributed by atoms with van der Waals surface area (Å²) in [4.78, 5) is 1.27. The summed E-state index contributed by atoms with van der Waals surface area (Å²) in [6, 6.07) is 16.8. The number of hydrogen-bond acceptors (Lipinski definition) is 2. The van der Waals surface area contributed by atoms with Crippen molar-refractivity contribution in [2.75, 3.05) is 0 Å². The van der Waals surface area contributed by atoms with Crippen molar-refractivity contribution in [3.8, 4) is 0 Å². The van der Waals surface area contributed by atoms with Crippen LogP contribution < -0.4 is 5.73 Å². The molecule has 2 aromatic rings. The number of hydrogen-bond donors (Lipinski definition) is 1. The SMILES string of the molecule is NCc1cccc(SCc2cccc(Br)c2)c1. The average Bonchev–Trinajstić information content (AvgIpc) is 2.37. The van der Waals surface area contributed by atoms with Crippen molar-refractivity contribution < 1.29 is 0 Å². The minimum atomic E-state index is 0.602. The minimum Gasteiger partial charge on any atom is -0.326 e. The zero-order valence-electron chi connectivity index (χ0n) is 9.40. The molecule has 0 saturated heterocycles. The van der Waals surface area contributed by atoms with E-state index in [1.165, 1.54) is 16.0 Å². The van der Waals surface area contributed by atoms with Crippen molar-refractivity contribution in [2.45, 2.75) is 17.2 Å². The van der Waals surface area contributed by atoms with E-state index in [2.05, 4.69) is 58.4 Å². The van der Waals surface area contributed by atoms with Crippen LogP contribution >= 0.6 is 27.7 Å². The first-order valence-electron chi connectivity index (χ1n) is 5.44. The molecule has 1 nitrogen and oxygen atoms in total. The molecule has 2 rings (SSSR count). The van der Waals surface area contributed by atoms with Gasteiger partial charge in [-0.2, -0.15) is 0 Å². The van der Waals surface area contributed by atoms with Crippen molar-refractivity contribution in [3.63, 3.8) is 0 Å². The summed E-state index contributed by atoms with van der Waals surface area (Å²) >= 11 is 5.32. The Kier molecular flexibility index (Phi) is 4.66. The van der Waals surface area contributed by atoms with Crippen LogP contribution in [-0.4, -0.2) is 0 Å². The van der Waals surface area contributed by atoms with Crippen molar-refractivity contribution in [3.05, 3.63) is 64.1 Å². The van der Waals surface area contributed by atoms with Crippen molar-refractivity contribution in [2.24, 2.45) is 5.73 Å². The topological polar surface area (TPSA) is 26.0 Å². The van der Waals surface area contributed by atoms with Crippen LogP contribution in [0.3, 0.4) is 0 Å². The van der Waals surface area contributed by atoms with E-state index in [0.29, 0.717) is 6.54 Å². The fraction of sp³-hybridized carbons (Fsp3) is 0.143. The van der Waals surface area contributed by atoms with Gasteiger partial charge in [0.25, 0.3) is 0 Å². The van der Waals surface area contributed by atoms with Gasteiger partial charge in [-0.25, -0.2) is 0 Å². The van der Waals surface area contributed by atoms with Gasteiger partial charge < -0.3 is 5.73 Å². The largest absolute Gasteiger partial charge is 0.326 e. The molecule has 3 heteroatoms. The van der Waals surface area contributed by atoms with E-state index in [4.69, 9.17) is 5.73 Å². The smallest absolute Gasteiger partial charge is 0.0232 e. The molecule has 0 spiro atoms. The lowest BCUT2D eigenvalue weighted by Gasteiger charge is -2.04. The normalized spacial score (nSPS) is 10.5. The van der Waals surface area contributed by atoms with Gasteiger partial charge in [-0.3, -0.25) is 0 Å². The zero-order valence-corrected chi connectivity index (χ0v) is 11.8. The highest BCUT2D eigenvalue weighted by Gasteiger charge is 1.98. The molecule has 0 saturated carbocycles. The van der Waals surface area contributed by atoms with Gasteiger partial charge >= 0.3 is 0 Å². The van der Waals surface area contributed by atoms with E-state index in [1.807, 2.05) is 17.8 Å². The highest BCUT2D eigenvalue weighted by Crippen LogP contribution is 2.24. The lowest BCUT2D eigenvalue weighted by molar-refractivity contribution is 1.06. The van der Waals surface area contributed by atoms with E-state index in [0.717, 1.165) is 10.2 Å². The molecule has 0 atom stereocenters. The molecule has 88 valence electrons. The van der Waals surface area contributed by atoms with Gasteiger partial charge in [0.1, 0.15) is 0 Å². The van der Waals surface area contributed by atoms with E-state index >= 15 is 0 Å². The first-order chi connectivity index (χ1) is 8.28. The molecule has 0 aliphatic rings. The molecule has 0 bridgehead atoms. The Hall–Kier alpha value is -0.770. The summed E-state index contributed by atoms with van der Waals surface area (Å²) in [6.07, 6.45) is 0. The number of benzene rings is 2. The molecule has 2 N–H and O–H groups in total. The molecule has 0 heterocycles. The Morgan fingerprint density at radius 3 is 2.53 bits per heavy atom. The Labute approximate surface area is 115 Å². The van der Waals surface area contributed by atoms with E-state index < -0.39 is 0 Å². The van der Waals surface area contributed by atoms with Crippen LogP contribution in [0.15, 0.2) is 57.9 Å². The summed E-state index contributed by atoms with van der Waals surface area (Å²) in [6.45, 7) is 0.602. The lowest BCUT2D eigenvalue weighted by atomic mass is 10.2. The Balaban J connectivity index is 2.02. The lowest BCUT2D eigenvalue weighted by Crippen LogP contribution is -1.95. The van der Waals surface area contributed by atoms with Gasteiger partial charge in [-0.1, -0.05) is 40.2 Å². The molecule has 0 aliphatic heterocycles. The molecule has 0 radical (unpaired) electrons. The van der Waals surface area contributed by atoms with E-state index in [9.17, 15) is 0 Å². The predicted octanol–water partition coefficient (Wildman–Crippen LogP) is 4.20. The van der Waals surface area contributed by atoms with E-state index in [-0.39, 0.29) is 0 Å². The van der Waals surface area contributed by atoms with Crippen LogP contribution in [0, 0.1) is 0 Å². The van der Waals surface area contributed by atoms with Crippen LogP contribution in [-0.2, 0) is 12.3 Å². The summed E-state index contributed by atoms with van der Waals surface area (Å²) in [5.41, 5.74) is 8.14. The number of rotatable bonds is 4. The fourth-order valence-electron chi connectivity index (χ4n) is 1.56. The second-order valence-corrected chi connectivity index (χ2v) is 5.73. The highest BCUT2D eigenvalue weighted by atomic mass is 79.9. The number of thioether (sulfide) groups is 1. The highest BCUT2D eigenvalue weighted by molar-refractivity contribution is 9.10. The monoisotopic (exact) mass is 307 g/mol.